The summed E-state index contributed by atoms with van der Waals surface area (Å²) < 4.78 is 1.34. The standard InChI is InChI=1S/C19H17ClS/c20-19(17-12-21-18-8-4-3-7-16(17)18)15-10-9-13-5-1-2-6-14(13)11-15/h1-8,12,15,19H,9-11H2. The number of halogens is 1. The minimum absolute atomic E-state index is 0.120. The average Bonchev–Trinajstić information content (AvgIpc) is 2.98. The number of rotatable bonds is 2. The zero-order valence-corrected chi connectivity index (χ0v) is 13.3. The SMILES string of the molecule is ClC(c1csc2ccccc12)C1CCc2ccccc2C1. The molecule has 1 aliphatic rings. The second-order valence-corrected chi connectivity index (χ2v) is 7.24. The number of hydrogen-bond donors (Lipinski definition) is 0. The Morgan fingerprint density at radius 2 is 1.76 bits per heavy atom. The largest absolute Gasteiger partial charge is 0.143 e. The smallest absolute Gasteiger partial charge is 0.0630 e. The van der Waals surface area contributed by atoms with Gasteiger partial charge < -0.3 is 0 Å². The van der Waals surface area contributed by atoms with E-state index in [0.29, 0.717) is 5.92 Å². The van der Waals surface area contributed by atoms with E-state index in [9.17, 15) is 0 Å². The van der Waals surface area contributed by atoms with Crippen LogP contribution in [0.5, 0.6) is 0 Å². The second kappa shape index (κ2) is 5.47. The molecule has 2 aromatic carbocycles. The van der Waals surface area contributed by atoms with Crippen LogP contribution in [0.2, 0.25) is 0 Å². The number of hydrogen-bond acceptors (Lipinski definition) is 1. The minimum Gasteiger partial charge on any atom is -0.143 e. The minimum atomic E-state index is 0.120. The summed E-state index contributed by atoms with van der Waals surface area (Å²) in [6.45, 7) is 0. The predicted octanol–water partition coefficient (Wildman–Crippen LogP) is 5.99. The normalized spacial score (nSPS) is 19.4. The van der Waals surface area contributed by atoms with E-state index in [1.165, 1.54) is 33.2 Å². The van der Waals surface area contributed by atoms with Gasteiger partial charge in [-0.1, -0.05) is 42.5 Å². The highest BCUT2D eigenvalue weighted by Crippen LogP contribution is 2.42. The zero-order valence-electron chi connectivity index (χ0n) is 11.8. The molecule has 2 heteroatoms. The van der Waals surface area contributed by atoms with Crippen LogP contribution in [0.25, 0.3) is 10.1 Å². The van der Waals surface area contributed by atoms with E-state index in [1.807, 2.05) is 11.3 Å². The van der Waals surface area contributed by atoms with Crippen LogP contribution in [-0.2, 0) is 12.8 Å². The van der Waals surface area contributed by atoms with Crippen molar-refractivity contribution in [1.29, 1.82) is 0 Å². The second-order valence-electron chi connectivity index (χ2n) is 5.86. The molecule has 4 rings (SSSR count). The molecule has 1 heterocycles. The molecule has 3 aromatic rings. The fraction of sp³-hybridized carbons (Fsp3) is 0.263. The number of fused-ring (bicyclic) bond motifs is 2. The van der Waals surface area contributed by atoms with Crippen molar-refractivity contribution in [2.75, 3.05) is 0 Å². The third-order valence-corrected chi connectivity index (χ3v) is 6.18. The van der Waals surface area contributed by atoms with Crippen molar-refractivity contribution in [3.05, 3.63) is 70.6 Å². The molecule has 0 saturated heterocycles. The van der Waals surface area contributed by atoms with E-state index in [0.717, 1.165) is 12.8 Å². The summed E-state index contributed by atoms with van der Waals surface area (Å²) in [6, 6.07) is 17.4. The topological polar surface area (TPSA) is 0 Å². The summed E-state index contributed by atoms with van der Waals surface area (Å²) in [5.74, 6) is 0.541. The maximum atomic E-state index is 6.88. The van der Waals surface area contributed by atoms with Gasteiger partial charge in [-0.05, 0) is 58.7 Å². The first-order chi connectivity index (χ1) is 10.3. The third-order valence-electron chi connectivity index (χ3n) is 4.61. The Labute approximate surface area is 134 Å². The molecular weight excluding hydrogens is 296 g/mol. The van der Waals surface area contributed by atoms with Gasteiger partial charge in [0.25, 0.3) is 0 Å². The lowest BCUT2D eigenvalue weighted by Gasteiger charge is -2.28. The van der Waals surface area contributed by atoms with E-state index >= 15 is 0 Å². The lowest BCUT2D eigenvalue weighted by molar-refractivity contribution is 0.445. The molecule has 0 aliphatic heterocycles. The molecular formula is C19H17ClS. The fourth-order valence-corrected chi connectivity index (χ4v) is 4.91. The first-order valence-electron chi connectivity index (χ1n) is 7.50. The average molecular weight is 313 g/mol. The Bertz CT molecular complexity index is 774. The van der Waals surface area contributed by atoms with Crippen LogP contribution in [0.15, 0.2) is 53.9 Å². The highest BCUT2D eigenvalue weighted by molar-refractivity contribution is 7.17. The van der Waals surface area contributed by atoms with Crippen molar-refractivity contribution in [1.82, 2.24) is 0 Å². The fourth-order valence-electron chi connectivity index (χ4n) is 3.44. The molecule has 0 radical (unpaired) electrons. The summed E-state index contributed by atoms with van der Waals surface area (Å²) in [7, 11) is 0. The monoisotopic (exact) mass is 312 g/mol. The molecule has 2 atom stereocenters. The van der Waals surface area contributed by atoms with Crippen LogP contribution in [0.1, 0.15) is 28.5 Å². The Hall–Kier alpha value is -1.31. The van der Waals surface area contributed by atoms with Crippen molar-refractivity contribution < 1.29 is 0 Å². The molecule has 21 heavy (non-hydrogen) atoms. The summed E-state index contributed by atoms with van der Waals surface area (Å²) in [5, 5.41) is 3.71. The summed E-state index contributed by atoms with van der Waals surface area (Å²) in [6.07, 6.45) is 3.45. The van der Waals surface area contributed by atoms with Gasteiger partial charge in [0.2, 0.25) is 0 Å². The number of benzene rings is 2. The van der Waals surface area contributed by atoms with Gasteiger partial charge in [0.05, 0.1) is 5.38 Å². The molecule has 1 aliphatic carbocycles. The Balaban J connectivity index is 1.65. The predicted molar refractivity (Wildman–Crippen MR) is 92.4 cm³/mol. The summed E-state index contributed by atoms with van der Waals surface area (Å²) in [4.78, 5) is 0. The molecule has 0 fully saturated rings. The van der Waals surface area contributed by atoms with E-state index in [1.54, 1.807) is 0 Å². The maximum absolute atomic E-state index is 6.88. The Morgan fingerprint density at radius 1 is 1.00 bits per heavy atom. The quantitative estimate of drug-likeness (QED) is 0.510. The van der Waals surface area contributed by atoms with Gasteiger partial charge in [-0.25, -0.2) is 0 Å². The van der Waals surface area contributed by atoms with Gasteiger partial charge in [-0.3, -0.25) is 0 Å². The molecule has 0 saturated carbocycles. The van der Waals surface area contributed by atoms with Crippen molar-refractivity contribution in [2.24, 2.45) is 5.92 Å². The van der Waals surface area contributed by atoms with E-state index < -0.39 is 0 Å². The van der Waals surface area contributed by atoms with Crippen LogP contribution in [-0.4, -0.2) is 0 Å². The van der Waals surface area contributed by atoms with Gasteiger partial charge in [-0.15, -0.1) is 22.9 Å². The van der Waals surface area contributed by atoms with Crippen molar-refractivity contribution in [3.63, 3.8) is 0 Å². The van der Waals surface area contributed by atoms with Gasteiger partial charge in [-0.2, -0.15) is 0 Å². The Kier molecular flexibility index (Phi) is 3.48. The van der Waals surface area contributed by atoms with E-state index in [2.05, 4.69) is 53.9 Å². The highest BCUT2D eigenvalue weighted by atomic mass is 35.5. The van der Waals surface area contributed by atoms with Crippen LogP contribution >= 0.6 is 22.9 Å². The number of alkyl halides is 1. The Morgan fingerprint density at radius 3 is 2.67 bits per heavy atom. The number of aryl methyl sites for hydroxylation is 1. The number of thiophene rings is 1. The molecule has 0 spiro atoms. The van der Waals surface area contributed by atoms with Crippen LogP contribution in [0.3, 0.4) is 0 Å². The molecule has 0 nitrogen and oxygen atoms in total. The molecule has 2 unspecified atom stereocenters. The lowest BCUT2D eigenvalue weighted by Crippen LogP contribution is -2.18. The van der Waals surface area contributed by atoms with Gasteiger partial charge in [0.15, 0.2) is 0 Å². The summed E-state index contributed by atoms with van der Waals surface area (Å²) in [5.41, 5.74) is 4.31. The molecule has 106 valence electrons. The van der Waals surface area contributed by atoms with Gasteiger partial charge in [0, 0.05) is 4.70 Å². The van der Waals surface area contributed by atoms with Gasteiger partial charge >= 0.3 is 0 Å². The van der Waals surface area contributed by atoms with Crippen molar-refractivity contribution in [2.45, 2.75) is 24.6 Å². The van der Waals surface area contributed by atoms with E-state index in [4.69, 9.17) is 11.6 Å². The van der Waals surface area contributed by atoms with Crippen LogP contribution < -0.4 is 0 Å². The molecule has 0 N–H and O–H groups in total. The highest BCUT2D eigenvalue weighted by Gasteiger charge is 2.27. The van der Waals surface area contributed by atoms with E-state index in [-0.39, 0.29) is 5.38 Å². The first-order valence-corrected chi connectivity index (χ1v) is 8.81. The first kappa shape index (κ1) is 13.4. The lowest BCUT2D eigenvalue weighted by atomic mass is 9.80. The third kappa shape index (κ3) is 2.39. The summed E-state index contributed by atoms with van der Waals surface area (Å²) >= 11 is 8.69. The molecule has 0 amide bonds. The van der Waals surface area contributed by atoms with Crippen molar-refractivity contribution in [3.8, 4) is 0 Å². The van der Waals surface area contributed by atoms with Crippen LogP contribution in [0, 0.1) is 5.92 Å². The molecule has 0 bridgehead atoms. The van der Waals surface area contributed by atoms with Crippen LogP contribution in [0.4, 0.5) is 0 Å². The van der Waals surface area contributed by atoms with Gasteiger partial charge in [0.1, 0.15) is 0 Å². The van der Waals surface area contributed by atoms with Crippen molar-refractivity contribution >= 4 is 33.0 Å². The maximum Gasteiger partial charge on any atom is 0.0630 e. The zero-order chi connectivity index (χ0) is 14.2. The molecule has 1 aromatic heterocycles.